The predicted octanol–water partition coefficient (Wildman–Crippen LogP) is 0.532. The van der Waals surface area contributed by atoms with Crippen molar-refractivity contribution in [3.05, 3.63) is 16.4 Å². The van der Waals surface area contributed by atoms with E-state index in [1.165, 1.54) is 6.92 Å². The highest BCUT2D eigenvalue weighted by Crippen LogP contribution is 2.28. The van der Waals surface area contributed by atoms with E-state index in [1.807, 2.05) is 0 Å². The Bertz CT molecular complexity index is 365. The molecular formula is C7H6ClF2N2O2-. The monoisotopic (exact) mass is 223 g/mol. The highest BCUT2D eigenvalue weighted by Gasteiger charge is 2.20. The summed E-state index contributed by atoms with van der Waals surface area (Å²) >= 11 is 5.52. The molecule has 0 unspecified atom stereocenters. The van der Waals surface area contributed by atoms with Gasteiger partial charge in [-0.15, -0.1) is 0 Å². The largest absolute Gasteiger partial charge is 0.548 e. The molecule has 0 spiro atoms. The highest BCUT2D eigenvalue weighted by molar-refractivity contribution is 6.31. The number of hydrogen-bond donors (Lipinski definition) is 0. The topological polar surface area (TPSA) is 58.0 Å². The Morgan fingerprint density at radius 1 is 1.71 bits per heavy atom. The number of hydrogen-bond acceptors (Lipinski definition) is 3. The van der Waals surface area contributed by atoms with E-state index < -0.39 is 24.6 Å². The predicted molar refractivity (Wildman–Crippen MR) is 41.9 cm³/mol. The van der Waals surface area contributed by atoms with Gasteiger partial charge in [-0.25, -0.2) is 8.78 Å². The summed E-state index contributed by atoms with van der Waals surface area (Å²) in [6.45, 7) is 0.822. The van der Waals surface area contributed by atoms with Crippen LogP contribution in [0.25, 0.3) is 0 Å². The second-order valence-corrected chi connectivity index (χ2v) is 2.99. The van der Waals surface area contributed by atoms with Gasteiger partial charge < -0.3 is 9.90 Å². The maximum atomic E-state index is 12.2. The van der Waals surface area contributed by atoms with E-state index >= 15 is 0 Å². The molecule has 0 aliphatic rings. The molecule has 0 bridgehead atoms. The van der Waals surface area contributed by atoms with Crippen molar-refractivity contribution in [2.45, 2.75) is 19.9 Å². The SMILES string of the molecule is Cc1c(Cl)c(C(F)F)nn1CC(=O)[O-]. The summed E-state index contributed by atoms with van der Waals surface area (Å²) in [6, 6.07) is 0. The molecule has 0 aliphatic carbocycles. The molecule has 1 aromatic heterocycles. The van der Waals surface area contributed by atoms with Crippen molar-refractivity contribution in [2.75, 3.05) is 0 Å². The molecule has 0 aromatic carbocycles. The minimum Gasteiger partial charge on any atom is -0.548 e. The fraction of sp³-hybridized carbons (Fsp3) is 0.429. The fourth-order valence-electron chi connectivity index (χ4n) is 0.963. The summed E-state index contributed by atoms with van der Waals surface area (Å²) in [6.07, 6.45) is -2.82. The van der Waals surface area contributed by atoms with E-state index in [1.54, 1.807) is 0 Å². The van der Waals surface area contributed by atoms with Crippen molar-refractivity contribution in [1.29, 1.82) is 0 Å². The molecule has 0 atom stereocenters. The van der Waals surface area contributed by atoms with E-state index in [4.69, 9.17) is 11.6 Å². The quantitative estimate of drug-likeness (QED) is 0.751. The van der Waals surface area contributed by atoms with Crippen molar-refractivity contribution in [3.63, 3.8) is 0 Å². The van der Waals surface area contributed by atoms with E-state index in [9.17, 15) is 18.7 Å². The van der Waals surface area contributed by atoms with Crippen LogP contribution in [0.15, 0.2) is 0 Å². The molecule has 78 valence electrons. The van der Waals surface area contributed by atoms with Crippen LogP contribution in [0, 0.1) is 6.92 Å². The Hall–Kier alpha value is -1.17. The minimum absolute atomic E-state index is 0.186. The summed E-state index contributed by atoms with van der Waals surface area (Å²) in [5.74, 6) is -1.41. The summed E-state index contributed by atoms with van der Waals surface area (Å²) in [7, 11) is 0. The van der Waals surface area contributed by atoms with Gasteiger partial charge in [-0.3, -0.25) is 4.68 Å². The minimum atomic E-state index is -2.82. The molecule has 1 heterocycles. The molecule has 14 heavy (non-hydrogen) atoms. The zero-order valence-electron chi connectivity index (χ0n) is 7.13. The van der Waals surface area contributed by atoms with Crippen LogP contribution < -0.4 is 5.11 Å². The van der Waals surface area contributed by atoms with E-state index in [0.717, 1.165) is 4.68 Å². The normalized spacial score (nSPS) is 10.9. The van der Waals surface area contributed by atoms with Crippen molar-refractivity contribution in [1.82, 2.24) is 9.78 Å². The number of alkyl halides is 2. The average molecular weight is 224 g/mol. The maximum absolute atomic E-state index is 12.2. The Labute approximate surface area is 83.1 Å². The van der Waals surface area contributed by atoms with Crippen LogP contribution in [0.4, 0.5) is 8.78 Å². The third-order valence-electron chi connectivity index (χ3n) is 1.64. The number of aromatic nitrogens is 2. The summed E-state index contributed by atoms with van der Waals surface area (Å²) in [5.41, 5.74) is -0.420. The Morgan fingerprint density at radius 2 is 2.29 bits per heavy atom. The molecule has 1 rings (SSSR count). The molecule has 4 nitrogen and oxygen atoms in total. The smallest absolute Gasteiger partial charge is 0.283 e. The van der Waals surface area contributed by atoms with Gasteiger partial charge in [0.15, 0.2) is 0 Å². The molecule has 0 N–H and O–H groups in total. The van der Waals surface area contributed by atoms with Crippen LogP contribution in [0.5, 0.6) is 0 Å². The van der Waals surface area contributed by atoms with Crippen LogP contribution in [0.2, 0.25) is 5.02 Å². The lowest BCUT2D eigenvalue weighted by Gasteiger charge is -2.03. The summed E-state index contributed by atoms with van der Waals surface area (Å²) in [5, 5.41) is 13.4. The van der Waals surface area contributed by atoms with Crippen molar-refractivity contribution in [3.8, 4) is 0 Å². The highest BCUT2D eigenvalue weighted by atomic mass is 35.5. The second-order valence-electron chi connectivity index (χ2n) is 2.61. The van der Waals surface area contributed by atoms with Gasteiger partial charge >= 0.3 is 0 Å². The Kier molecular flexibility index (Phi) is 3.05. The van der Waals surface area contributed by atoms with Gasteiger partial charge in [0.1, 0.15) is 5.69 Å². The number of aliphatic carboxylic acids is 1. The number of carboxylic acid groups (broad SMARTS) is 1. The van der Waals surface area contributed by atoms with Crippen LogP contribution in [0.3, 0.4) is 0 Å². The van der Waals surface area contributed by atoms with Crippen LogP contribution in [-0.2, 0) is 11.3 Å². The third kappa shape index (κ3) is 2.01. The Morgan fingerprint density at radius 3 is 2.64 bits per heavy atom. The molecule has 0 saturated heterocycles. The zero-order chi connectivity index (χ0) is 10.9. The molecule has 0 radical (unpaired) electrons. The zero-order valence-corrected chi connectivity index (χ0v) is 7.89. The third-order valence-corrected chi connectivity index (χ3v) is 2.11. The van der Waals surface area contributed by atoms with Gasteiger partial charge in [-0.05, 0) is 6.92 Å². The first-order valence-corrected chi connectivity index (χ1v) is 4.02. The molecule has 0 amide bonds. The van der Waals surface area contributed by atoms with Gasteiger partial charge in [0.05, 0.1) is 23.2 Å². The first kappa shape index (κ1) is 10.9. The number of carbonyl (C=O) groups is 1. The van der Waals surface area contributed by atoms with Gasteiger partial charge in [-0.1, -0.05) is 11.6 Å². The van der Waals surface area contributed by atoms with E-state index in [2.05, 4.69) is 5.10 Å². The molecule has 0 saturated carbocycles. The number of halogens is 3. The molecule has 0 fully saturated rings. The average Bonchev–Trinajstić information content (AvgIpc) is 2.32. The van der Waals surface area contributed by atoms with Crippen LogP contribution in [-0.4, -0.2) is 15.7 Å². The fourth-order valence-corrected chi connectivity index (χ4v) is 1.18. The molecule has 0 aliphatic heterocycles. The molecule has 1 aromatic rings. The molecular weight excluding hydrogens is 218 g/mol. The summed E-state index contributed by atoms with van der Waals surface area (Å²) < 4.78 is 25.3. The van der Waals surface area contributed by atoms with Crippen molar-refractivity contribution >= 4 is 17.6 Å². The van der Waals surface area contributed by atoms with Crippen molar-refractivity contribution in [2.24, 2.45) is 0 Å². The van der Waals surface area contributed by atoms with Gasteiger partial charge in [0.25, 0.3) is 6.43 Å². The summed E-state index contributed by atoms with van der Waals surface area (Å²) in [4.78, 5) is 10.2. The number of carbonyl (C=O) groups excluding carboxylic acids is 1. The van der Waals surface area contributed by atoms with Gasteiger partial charge in [0, 0.05) is 0 Å². The first-order valence-electron chi connectivity index (χ1n) is 3.64. The lowest BCUT2D eigenvalue weighted by Crippen LogP contribution is -2.28. The lowest BCUT2D eigenvalue weighted by atomic mass is 10.4. The van der Waals surface area contributed by atoms with Crippen LogP contribution in [0.1, 0.15) is 17.8 Å². The van der Waals surface area contributed by atoms with Crippen LogP contribution >= 0.6 is 11.6 Å². The second kappa shape index (κ2) is 3.91. The number of nitrogens with zero attached hydrogens (tertiary/aromatic N) is 2. The maximum Gasteiger partial charge on any atom is 0.283 e. The first-order chi connectivity index (χ1) is 6.43. The Balaban J connectivity index is 3.08. The van der Waals surface area contributed by atoms with Gasteiger partial charge in [-0.2, -0.15) is 5.10 Å². The molecule has 7 heteroatoms. The van der Waals surface area contributed by atoms with E-state index in [-0.39, 0.29) is 10.7 Å². The van der Waals surface area contributed by atoms with E-state index in [0.29, 0.717) is 0 Å². The standard InChI is InChI=1S/C7H7ClF2N2O2/c1-3-5(8)6(7(9)10)11-12(3)2-4(13)14/h7H,2H2,1H3,(H,13,14)/p-1. The lowest BCUT2D eigenvalue weighted by molar-refractivity contribution is -0.306. The van der Waals surface area contributed by atoms with Crippen molar-refractivity contribution < 1.29 is 18.7 Å². The van der Waals surface area contributed by atoms with Gasteiger partial charge in [0.2, 0.25) is 0 Å². The number of carboxylic acids is 1. The number of rotatable bonds is 3.